The second kappa shape index (κ2) is 9.60. The summed E-state index contributed by atoms with van der Waals surface area (Å²) in [7, 11) is 0. The molecule has 9 heteroatoms. The Morgan fingerprint density at radius 3 is 2.79 bits per heavy atom. The quantitative estimate of drug-likeness (QED) is 0.607. The largest absolute Gasteiger partial charge is 0.376 e. The van der Waals surface area contributed by atoms with Crippen molar-refractivity contribution in [3.63, 3.8) is 0 Å². The number of nitrogens with zero attached hydrogens (tertiary/aromatic N) is 3. The topological polar surface area (TPSA) is 84.7 Å². The molecule has 2 aliphatic rings. The van der Waals surface area contributed by atoms with Crippen LogP contribution >= 0.6 is 11.8 Å². The molecule has 2 saturated heterocycles. The van der Waals surface area contributed by atoms with Gasteiger partial charge in [0, 0.05) is 12.2 Å². The number of benzene rings is 1. The first-order valence-corrected chi connectivity index (χ1v) is 11.2. The van der Waals surface area contributed by atoms with Crippen molar-refractivity contribution in [1.29, 1.82) is 0 Å². The van der Waals surface area contributed by atoms with Gasteiger partial charge in [-0.1, -0.05) is 42.1 Å². The molecule has 2 aromatic rings. The second-order valence-electron chi connectivity index (χ2n) is 7.64. The van der Waals surface area contributed by atoms with Crippen LogP contribution in [0.25, 0.3) is 0 Å². The van der Waals surface area contributed by atoms with E-state index in [4.69, 9.17) is 4.74 Å². The molecule has 2 N–H and O–H groups in total. The molecule has 0 saturated carbocycles. The number of nitrogens with one attached hydrogen (secondary N) is 2. The zero-order valence-corrected chi connectivity index (χ0v) is 17.3. The molecule has 1 atom stereocenters. The fourth-order valence-corrected chi connectivity index (χ4v) is 4.78. The van der Waals surface area contributed by atoms with Crippen LogP contribution in [0.4, 0.5) is 0 Å². The van der Waals surface area contributed by atoms with Crippen molar-refractivity contribution in [1.82, 2.24) is 19.7 Å². The van der Waals surface area contributed by atoms with E-state index in [1.54, 1.807) is 4.57 Å². The molecule has 0 aliphatic carbocycles. The Morgan fingerprint density at radius 2 is 2.07 bits per heavy atom. The van der Waals surface area contributed by atoms with E-state index in [0.717, 1.165) is 52.2 Å². The molecule has 0 spiro atoms. The van der Waals surface area contributed by atoms with E-state index in [9.17, 15) is 9.59 Å². The average Bonchev–Trinajstić information content (AvgIpc) is 3.38. The third kappa shape index (κ3) is 5.29. The van der Waals surface area contributed by atoms with Gasteiger partial charge in [0.25, 0.3) is 0 Å². The maximum atomic E-state index is 12.6. The Bertz CT molecular complexity index is 855. The highest BCUT2D eigenvalue weighted by atomic mass is 32.2. The van der Waals surface area contributed by atoms with Crippen molar-refractivity contribution >= 4 is 17.7 Å². The standard InChI is InChI=1S/C20H27N5O3S/c26-18(24-10-8-23(9-11-24)13-16-5-2-1-3-6-16)15-29-20-22-21-19(27)25(20)14-17-7-4-12-28-17/h1-3,5-6,17H,4,7-15H2,(H,21,27)/p+1/t17-/m0/s1. The van der Waals surface area contributed by atoms with E-state index in [-0.39, 0.29) is 17.7 Å². The van der Waals surface area contributed by atoms with Gasteiger partial charge in [-0.05, 0) is 12.8 Å². The van der Waals surface area contributed by atoms with Crippen LogP contribution < -0.4 is 10.6 Å². The van der Waals surface area contributed by atoms with Crippen LogP contribution in [0.15, 0.2) is 40.3 Å². The van der Waals surface area contributed by atoms with Gasteiger partial charge in [0.1, 0.15) is 6.54 Å². The number of amides is 1. The summed E-state index contributed by atoms with van der Waals surface area (Å²) in [5.41, 5.74) is 1.09. The van der Waals surface area contributed by atoms with Crippen LogP contribution in [-0.4, -0.2) is 70.2 Å². The van der Waals surface area contributed by atoms with Crippen molar-refractivity contribution in [2.45, 2.75) is 37.2 Å². The van der Waals surface area contributed by atoms with Crippen molar-refractivity contribution in [3.05, 3.63) is 46.4 Å². The van der Waals surface area contributed by atoms with Crippen LogP contribution in [0.2, 0.25) is 0 Å². The van der Waals surface area contributed by atoms with Crippen molar-refractivity contribution in [2.24, 2.45) is 0 Å². The summed E-state index contributed by atoms with van der Waals surface area (Å²) in [5, 5.41) is 7.15. The maximum absolute atomic E-state index is 12.6. The average molecular weight is 419 g/mol. The van der Waals surface area contributed by atoms with Crippen molar-refractivity contribution < 1.29 is 14.4 Å². The van der Waals surface area contributed by atoms with Gasteiger partial charge in [0.2, 0.25) is 5.91 Å². The minimum absolute atomic E-state index is 0.0565. The third-order valence-electron chi connectivity index (χ3n) is 5.58. The number of piperazine rings is 1. The number of carbonyl (C=O) groups is 1. The molecule has 3 heterocycles. The number of quaternary nitrogens is 1. The van der Waals surface area contributed by atoms with E-state index in [2.05, 4.69) is 34.5 Å². The molecule has 2 fully saturated rings. The predicted octanol–water partition coefficient (Wildman–Crippen LogP) is -0.230. The van der Waals surface area contributed by atoms with Crippen LogP contribution in [0, 0.1) is 0 Å². The van der Waals surface area contributed by atoms with Crippen molar-refractivity contribution in [3.8, 4) is 0 Å². The lowest BCUT2D eigenvalue weighted by Crippen LogP contribution is -3.13. The van der Waals surface area contributed by atoms with Gasteiger partial charge in [0.05, 0.1) is 44.6 Å². The zero-order chi connectivity index (χ0) is 20.1. The van der Waals surface area contributed by atoms with E-state index in [1.165, 1.54) is 22.2 Å². The first-order chi connectivity index (χ1) is 14.2. The molecular formula is C20H28N5O3S+. The molecule has 0 radical (unpaired) electrons. The summed E-state index contributed by atoms with van der Waals surface area (Å²) in [6, 6.07) is 10.5. The summed E-state index contributed by atoms with van der Waals surface area (Å²) in [6.07, 6.45) is 2.04. The van der Waals surface area contributed by atoms with Gasteiger partial charge < -0.3 is 14.5 Å². The predicted molar refractivity (Wildman–Crippen MR) is 110 cm³/mol. The molecule has 0 bridgehead atoms. The summed E-state index contributed by atoms with van der Waals surface area (Å²) in [6.45, 7) is 5.69. The first kappa shape index (κ1) is 20.2. The number of hydrogen-bond donors (Lipinski definition) is 2. The highest BCUT2D eigenvalue weighted by Crippen LogP contribution is 2.18. The Balaban J connectivity index is 1.25. The molecule has 1 aromatic carbocycles. The summed E-state index contributed by atoms with van der Waals surface area (Å²) in [4.78, 5) is 28.1. The van der Waals surface area contributed by atoms with E-state index in [1.807, 2.05) is 11.0 Å². The Labute approximate surface area is 174 Å². The number of thioether (sulfide) groups is 1. The zero-order valence-electron chi connectivity index (χ0n) is 16.5. The van der Waals surface area contributed by atoms with Gasteiger partial charge in [-0.15, -0.1) is 5.10 Å². The lowest BCUT2D eigenvalue weighted by molar-refractivity contribution is -0.917. The number of aromatic nitrogens is 3. The van der Waals surface area contributed by atoms with Crippen LogP contribution in [0.1, 0.15) is 18.4 Å². The molecule has 0 unspecified atom stereocenters. The van der Waals surface area contributed by atoms with Gasteiger partial charge in [-0.25, -0.2) is 9.89 Å². The summed E-state index contributed by atoms with van der Waals surface area (Å²) >= 11 is 1.32. The number of carbonyl (C=O) groups excluding carboxylic acids is 1. The number of ether oxygens (including phenoxy) is 1. The first-order valence-electron chi connectivity index (χ1n) is 10.2. The molecular weight excluding hydrogens is 390 g/mol. The van der Waals surface area contributed by atoms with Gasteiger partial charge in [-0.3, -0.25) is 9.36 Å². The van der Waals surface area contributed by atoms with Crippen LogP contribution in [0.3, 0.4) is 0 Å². The highest BCUT2D eigenvalue weighted by molar-refractivity contribution is 7.99. The summed E-state index contributed by atoms with van der Waals surface area (Å²) in [5.74, 6) is 0.400. The second-order valence-corrected chi connectivity index (χ2v) is 8.58. The number of hydrogen-bond acceptors (Lipinski definition) is 5. The minimum atomic E-state index is -0.242. The monoisotopic (exact) mass is 418 g/mol. The molecule has 2 aliphatic heterocycles. The number of aromatic amines is 1. The normalized spacial score (nSPS) is 20.3. The lowest BCUT2D eigenvalue weighted by Gasteiger charge is -2.32. The number of H-pyrrole nitrogens is 1. The molecule has 156 valence electrons. The third-order valence-corrected chi connectivity index (χ3v) is 6.54. The van der Waals surface area contributed by atoms with E-state index < -0.39 is 0 Å². The van der Waals surface area contributed by atoms with Gasteiger partial charge in [-0.2, -0.15) is 0 Å². The molecule has 4 rings (SSSR count). The molecule has 8 nitrogen and oxygen atoms in total. The van der Waals surface area contributed by atoms with Crippen molar-refractivity contribution in [2.75, 3.05) is 38.5 Å². The Kier molecular flexibility index (Phi) is 6.68. The Morgan fingerprint density at radius 1 is 1.28 bits per heavy atom. The number of rotatable bonds is 7. The highest BCUT2D eigenvalue weighted by Gasteiger charge is 2.25. The van der Waals surface area contributed by atoms with Gasteiger partial charge in [0.15, 0.2) is 5.16 Å². The molecule has 1 aromatic heterocycles. The van der Waals surface area contributed by atoms with E-state index in [0.29, 0.717) is 17.5 Å². The Hall–Kier alpha value is -2.10. The van der Waals surface area contributed by atoms with Crippen LogP contribution in [0.5, 0.6) is 0 Å². The lowest BCUT2D eigenvalue weighted by atomic mass is 10.2. The minimum Gasteiger partial charge on any atom is -0.376 e. The van der Waals surface area contributed by atoms with Crippen LogP contribution in [-0.2, 0) is 22.6 Å². The summed E-state index contributed by atoms with van der Waals surface area (Å²) < 4.78 is 7.21. The fraction of sp³-hybridized carbons (Fsp3) is 0.550. The van der Waals surface area contributed by atoms with E-state index >= 15 is 0 Å². The molecule has 1 amide bonds. The SMILES string of the molecule is O=C(CSc1n[nH]c(=O)n1C[C@@H]1CCCO1)N1CC[NH+](Cc2ccccc2)CC1. The smallest absolute Gasteiger partial charge is 0.344 e. The maximum Gasteiger partial charge on any atom is 0.344 e. The fourth-order valence-electron chi connectivity index (χ4n) is 3.92. The molecule has 29 heavy (non-hydrogen) atoms. The van der Waals surface area contributed by atoms with Gasteiger partial charge >= 0.3 is 5.69 Å².